The van der Waals surface area contributed by atoms with Crippen molar-refractivity contribution >= 4 is 22.6 Å². The number of rotatable bonds is 5. The van der Waals surface area contributed by atoms with Gasteiger partial charge in [0.15, 0.2) is 0 Å². The van der Waals surface area contributed by atoms with Crippen LogP contribution in [0.5, 0.6) is 0 Å². The number of benzene rings is 1. The van der Waals surface area contributed by atoms with Crippen molar-refractivity contribution in [2.75, 3.05) is 6.54 Å². The van der Waals surface area contributed by atoms with Crippen molar-refractivity contribution in [1.82, 2.24) is 5.32 Å². The second kappa shape index (κ2) is 6.90. The lowest BCUT2D eigenvalue weighted by atomic mass is 9.91. The predicted octanol–water partition coefficient (Wildman–Crippen LogP) is 4.25. The molecule has 3 atom stereocenters. The van der Waals surface area contributed by atoms with Gasteiger partial charge < -0.3 is 5.32 Å². The second-order valence-electron chi connectivity index (χ2n) is 5.67. The quantitative estimate of drug-likeness (QED) is 0.777. The van der Waals surface area contributed by atoms with Crippen molar-refractivity contribution in [3.63, 3.8) is 0 Å². The molecule has 1 aliphatic rings. The Bertz CT molecular complexity index is 360. The molecule has 18 heavy (non-hydrogen) atoms. The van der Waals surface area contributed by atoms with Gasteiger partial charge in [0.25, 0.3) is 0 Å². The van der Waals surface area contributed by atoms with Crippen molar-refractivity contribution in [3.05, 3.63) is 33.4 Å². The molecule has 3 unspecified atom stereocenters. The summed E-state index contributed by atoms with van der Waals surface area (Å²) >= 11 is 2.37. The summed E-state index contributed by atoms with van der Waals surface area (Å²) < 4.78 is 1.32. The Hall–Kier alpha value is -0.0900. The molecule has 0 amide bonds. The molecule has 0 saturated heterocycles. The molecule has 0 aliphatic heterocycles. The molecule has 1 aliphatic carbocycles. The third-order valence-corrected chi connectivity index (χ3v) is 4.86. The van der Waals surface area contributed by atoms with Crippen molar-refractivity contribution < 1.29 is 0 Å². The monoisotopic (exact) mass is 357 g/mol. The minimum absolute atomic E-state index is 0.667. The highest BCUT2D eigenvalue weighted by Gasteiger charge is 2.28. The summed E-state index contributed by atoms with van der Waals surface area (Å²) in [7, 11) is 0. The van der Waals surface area contributed by atoms with E-state index in [0.717, 1.165) is 18.4 Å². The van der Waals surface area contributed by atoms with Gasteiger partial charge >= 0.3 is 0 Å². The molecule has 0 radical (unpaired) electrons. The fourth-order valence-electron chi connectivity index (χ4n) is 3.16. The molecular formula is C16H24IN. The zero-order valence-electron chi connectivity index (χ0n) is 11.5. The zero-order valence-corrected chi connectivity index (χ0v) is 13.6. The third-order valence-electron chi connectivity index (χ3n) is 4.14. The van der Waals surface area contributed by atoms with Crippen LogP contribution in [0.3, 0.4) is 0 Å². The van der Waals surface area contributed by atoms with Crippen LogP contribution in [-0.4, -0.2) is 12.6 Å². The minimum atomic E-state index is 0.667. The van der Waals surface area contributed by atoms with E-state index in [4.69, 9.17) is 0 Å². The summed E-state index contributed by atoms with van der Waals surface area (Å²) in [6.07, 6.45) is 5.41. The molecule has 1 aromatic carbocycles. The molecule has 1 N–H and O–H groups in total. The maximum atomic E-state index is 3.71. The van der Waals surface area contributed by atoms with Crippen LogP contribution in [0, 0.1) is 15.4 Å². The van der Waals surface area contributed by atoms with E-state index in [9.17, 15) is 0 Å². The fourth-order valence-corrected chi connectivity index (χ4v) is 3.52. The van der Waals surface area contributed by atoms with Gasteiger partial charge in [-0.2, -0.15) is 0 Å². The first-order valence-corrected chi connectivity index (χ1v) is 8.24. The number of halogens is 1. The van der Waals surface area contributed by atoms with E-state index in [1.807, 2.05) is 0 Å². The van der Waals surface area contributed by atoms with Gasteiger partial charge in [0.2, 0.25) is 0 Å². The van der Waals surface area contributed by atoms with Gasteiger partial charge in [-0.3, -0.25) is 0 Å². The highest BCUT2D eigenvalue weighted by atomic mass is 127. The molecule has 0 spiro atoms. The van der Waals surface area contributed by atoms with Gasteiger partial charge in [0.1, 0.15) is 0 Å². The van der Waals surface area contributed by atoms with Gasteiger partial charge in [-0.15, -0.1) is 0 Å². The number of hydrogen-bond acceptors (Lipinski definition) is 1. The molecule has 1 saturated carbocycles. The van der Waals surface area contributed by atoms with Gasteiger partial charge in [0, 0.05) is 9.61 Å². The Balaban J connectivity index is 1.99. The number of hydrogen-bond donors (Lipinski definition) is 1. The summed E-state index contributed by atoms with van der Waals surface area (Å²) in [4.78, 5) is 0. The van der Waals surface area contributed by atoms with Crippen molar-refractivity contribution in [2.24, 2.45) is 11.8 Å². The average molecular weight is 357 g/mol. The predicted molar refractivity (Wildman–Crippen MR) is 86.8 cm³/mol. The minimum Gasteiger partial charge on any atom is -0.314 e. The molecule has 100 valence electrons. The second-order valence-corrected chi connectivity index (χ2v) is 6.92. The van der Waals surface area contributed by atoms with Crippen LogP contribution < -0.4 is 5.32 Å². The van der Waals surface area contributed by atoms with Crippen LogP contribution in [0.1, 0.15) is 38.7 Å². The van der Waals surface area contributed by atoms with Crippen LogP contribution in [0.15, 0.2) is 24.3 Å². The summed E-state index contributed by atoms with van der Waals surface area (Å²) in [5, 5.41) is 3.71. The van der Waals surface area contributed by atoms with Crippen LogP contribution in [0.4, 0.5) is 0 Å². The first kappa shape index (κ1) is 14.3. The topological polar surface area (TPSA) is 12.0 Å². The maximum absolute atomic E-state index is 3.71. The first-order chi connectivity index (χ1) is 8.69. The van der Waals surface area contributed by atoms with E-state index >= 15 is 0 Å². The largest absolute Gasteiger partial charge is 0.314 e. The smallest absolute Gasteiger partial charge is 0.0136 e. The van der Waals surface area contributed by atoms with E-state index in [1.54, 1.807) is 0 Å². The van der Waals surface area contributed by atoms with Crippen LogP contribution >= 0.6 is 22.6 Å². The standard InChI is InChI=1S/C16H24IN/c1-3-18-16(14-7-4-12(2)10-14)11-13-5-8-15(17)9-6-13/h5-6,8-9,12,14,16,18H,3-4,7,10-11H2,1-2H3. The van der Waals surface area contributed by atoms with Gasteiger partial charge in [0.05, 0.1) is 0 Å². The molecule has 2 rings (SSSR count). The summed E-state index contributed by atoms with van der Waals surface area (Å²) in [5.41, 5.74) is 1.47. The maximum Gasteiger partial charge on any atom is 0.0136 e. The first-order valence-electron chi connectivity index (χ1n) is 7.17. The third kappa shape index (κ3) is 3.95. The molecular weight excluding hydrogens is 333 g/mol. The molecule has 0 heterocycles. The Morgan fingerprint density at radius 1 is 1.28 bits per heavy atom. The van der Waals surface area contributed by atoms with Crippen LogP contribution in [0.25, 0.3) is 0 Å². The van der Waals surface area contributed by atoms with Gasteiger partial charge in [-0.1, -0.05) is 32.4 Å². The lowest BCUT2D eigenvalue weighted by Crippen LogP contribution is -2.37. The lowest BCUT2D eigenvalue weighted by molar-refractivity contribution is 0.354. The summed E-state index contributed by atoms with van der Waals surface area (Å²) in [6, 6.07) is 9.67. The summed E-state index contributed by atoms with van der Waals surface area (Å²) in [6.45, 7) is 5.70. The Labute approximate surface area is 125 Å². The zero-order chi connectivity index (χ0) is 13.0. The van der Waals surface area contributed by atoms with E-state index in [1.165, 1.54) is 34.8 Å². The van der Waals surface area contributed by atoms with Crippen LogP contribution in [0.2, 0.25) is 0 Å². The fraction of sp³-hybridized carbons (Fsp3) is 0.625. The summed E-state index contributed by atoms with van der Waals surface area (Å²) in [5.74, 6) is 1.80. The average Bonchev–Trinajstić information content (AvgIpc) is 2.78. The van der Waals surface area contributed by atoms with Crippen molar-refractivity contribution in [1.29, 1.82) is 0 Å². The molecule has 1 aromatic rings. The molecule has 2 heteroatoms. The van der Waals surface area contributed by atoms with Gasteiger partial charge in [-0.05, 0) is 77.9 Å². The highest BCUT2D eigenvalue weighted by Crippen LogP contribution is 2.33. The van der Waals surface area contributed by atoms with E-state index in [0.29, 0.717) is 6.04 Å². The van der Waals surface area contributed by atoms with E-state index in [2.05, 4.69) is 66.0 Å². The Morgan fingerprint density at radius 3 is 2.56 bits per heavy atom. The molecule has 0 bridgehead atoms. The number of likely N-dealkylation sites (N-methyl/N-ethyl adjacent to an activating group) is 1. The number of nitrogens with one attached hydrogen (secondary N) is 1. The van der Waals surface area contributed by atoms with Crippen molar-refractivity contribution in [3.8, 4) is 0 Å². The SMILES string of the molecule is CCNC(Cc1ccc(I)cc1)C1CCC(C)C1. The molecule has 1 fully saturated rings. The van der Waals surface area contributed by atoms with Gasteiger partial charge in [-0.25, -0.2) is 0 Å². The normalized spacial score (nSPS) is 25.3. The highest BCUT2D eigenvalue weighted by molar-refractivity contribution is 14.1. The molecule has 1 nitrogen and oxygen atoms in total. The van der Waals surface area contributed by atoms with Crippen molar-refractivity contribution in [2.45, 2.75) is 45.6 Å². The Kier molecular flexibility index (Phi) is 5.49. The lowest BCUT2D eigenvalue weighted by Gasteiger charge is -2.24. The molecule has 0 aromatic heterocycles. The van der Waals surface area contributed by atoms with Crippen LogP contribution in [-0.2, 0) is 6.42 Å². The van der Waals surface area contributed by atoms with E-state index in [-0.39, 0.29) is 0 Å². The Morgan fingerprint density at radius 2 is 2.00 bits per heavy atom. The van der Waals surface area contributed by atoms with E-state index < -0.39 is 0 Å².